The summed E-state index contributed by atoms with van der Waals surface area (Å²) in [4.78, 5) is 0. The number of rotatable bonds is 4. The van der Waals surface area contributed by atoms with Crippen molar-refractivity contribution in [3.63, 3.8) is 0 Å². The summed E-state index contributed by atoms with van der Waals surface area (Å²) >= 11 is 0. The fraction of sp³-hybridized carbons (Fsp3) is 0.412. The number of fused-ring (bicyclic) bond motifs is 1. The normalized spacial score (nSPS) is 31.4. The highest BCUT2D eigenvalue weighted by Gasteiger charge is 2.42. The van der Waals surface area contributed by atoms with Crippen molar-refractivity contribution in [2.45, 2.75) is 37.3 Å². The first-order chi connectivity index (χ1) is 11.1. The Bertz CT molecular complexity index is 660. The quantitative estimate of drug-likeness (QED) is 0.640. The molecule has 0 aliphatic carbocycles. The van der Waals surface area contributed by atoms with Crippen molar-refractivity contribution in [1.82, 2.24) is 0 Å². The summed E-state index contributed by atoms with van der Waals surface area (Å²) in [5, 5.41) is 40.6. The second-order valence-electron chi connectivity index (χ2n) is 5.73. The van der Waals surface area contributed by atoms with E-state index in [1.165, 1.54) is 0 Å². The summed E-state index contributed by atoms with van der Waals surface area (Å²) in [5.41, 5.74) is 0.968. The van der Waals surface area contributed by atoms with Gasteiger partial charge in [-0.05, 0) is 22.4 Å². The highest BCUT2D eigenvalue weighted by atomic mass is 16.6. The average Bonchev–Trinajstić information content (AvgIpc) is 2.57. The summed E-state index contributed by atoms with van der Waals surface area (Å²) in [6.45, 7) is 0.307. The predicted octanol–water partition coefficient (Wildman–Crippen LogP) is 0.156. The molecule has 3 rings (SSSR count). The molecule has 23 heavy (non-hydrogen) atoms. The molecule has 6 heteroatoms. The van der Waals surface area contributed by atoms with Gasteiger partial charge in [-0.1, -0.05) is 36.4 Å². The van der Waals surface area contributed by atoms with Crippen LogP contribution in [0, 0.1) is 0 Å². The van der Waals surface area contributed by atoms with Crippen LogP contribution in [0.4, 0.5) is 0 Å². The molecule has 1 fully saturated rings. The van der Waals surface area contributed by atoms with Gasteiger partial charge < -0.3 is 29.9 Å². The molecular formula is C17H20O6. The van der Waals surface area contributed by atoms with Crippen LogP contribution >= 0.6 is 0 Å². The molecule has 0 aromatic heterocycles. The van der Waals surface area contributed by atoms with E-state index in [-0.39, 0.29) is 6.61 Å². The second-order valence-corrected chi connectivity index (χ2v) is 5.73. The Labute approximate surface area is 133 Å². The molecule has 0 unspecified atom stereocenters. The number of benzene rings is 2. The van der Waals surface area contributed by atoms with Crippen molar-refractivity contribution in [2.75, 3.05) is 6.61 Å². The lowest BCUT2D eigenvalue weighted by Crippen LogP contribution is -2.58. The first-order valence-corrected chi connectivity index (χ1v) is 7.49. The summed E-state index contributed by atoms with van der Waals surface area (Å²) in [5.74, 6) is 0. The SMILES string of the molecule is O[C@@H]1[C@@H](O)[C@H](O)O[C@H](COCc2ccc3ccccc3c2)[C@H]1O. The van der Waals surface area contributed by atoms with Crippen LogP contribution in [0.2, 0.25) is 0 Å². The molecular weight excluding hydrogens is 300 g/mol. The van der Waals surface area contributed by atoms with E-state index in [2.05, 4.69) is 0 Å². The molecule has 1 saturated heterocycles. The van der Waals surface area contributed by atoms with Crippen molar-refractivity contribution in [3.05, 3.63) is 48.0 Å². The summed E-state index contributed by atoms with van der Waals surface area (Å²) < 4.78 is 10.6. The van der Waals surface area contributed by atoms with Crippen LogP contribution in [0.3, 0.4) is 0 Å². The largest absolute Gasteiger partial charge is 0.387 e. The van der Waals surface area contributed by atoms with Crippen molar-refractivity contribution in [3.8, 4) is 0 Å². The molecule has 0 radical (unpaired) electrons. The Morgan fingerprint density at radius 3 is 2.39 bits per heavy atom. The van der Waals surface area contributed by atoms with Gasteiger partial charge in [0.1, 0.15) is 24.4 Å². The molecule has 1 aliphatic heterocycles. The van der Waals surface area contributed by atoms with Gasteiger partial charge in [-0.3, -0.25) is 0 Å². The summed E-state index contributed by atoms with van der Waals surface area (Å²) in [6.07, 6.45) is -6.74. The molecule has 0 spiro atoms. The maximum atomic E-state index is 9.84. The number of ether oxygens (including phenoxy) is 2. The van der Waals surface area contributed by atoms with Crippen LogP contribution in [-0.2, 0) is 16.1 Å². The molecule has 4 N–H and O–H groups in total. The maximum absolute atomic E-state index is 9.84. The van der Waals surface area contributed by atoms with E-state index >= 15 is 0 Å². The fourth-order valence-corrected chi connectivity index (χ4v) is 2.69. The zero-order valence-corrected chi connectivity index (χ0v) is 12.4. The number of hydrogen-bond acceptors (Lipinski definition) is 6. The molecule has 0 amide bonds. The molecule has 0 saturated carbocycles. The van der Waals surface area contributed by atoms with Gasteiger partial charge in [0.2, 0.25) is 0 Å². The Hall–Kier alpha value is -1.54. The van der Waals surface area contributed by atoms with Crippen LogP contribution < -0.4 is 0 Å². The highest BCUT2D eigenvalue weighted by Crippen LogP contribution is 2.21. The van der Waals surface area contributed by atoms with E-state index in [0.717, 1.165) is 16.3 Å². The smallest absolute Gasteiger partial charge is 0.184 e. The van der Waals surface area contributed by atoms with Gasteiger partial charge in [0.15, 0.2) is 6.29 Å². The Balaban J connectivity index is 1.58. The zero-order chi connectivity index (χ0) is 16.4. The van der Waals surface area contributed by atoms with Crippen molar-refractivity contribution in [2.24, 2.45) is 0 Å². The Kier molecular flexibility index (Phi) is 4.91. The van der Waals surface area contributed by atoms with Crippen LogP contribution in [0.1, 0.15) is 5.56 Å². The standard InChI is InChI=1S/C17H20O6/c18-14-13(23-17(21)16(20)15(14)19)9-22-8-10-5-6-11-3-1-2-4-12(11)7-10/h1-7,13-21H,8-9H2/t13-,14-,15+,16-,17-/m1/s1. The van der Waals surface area contributed by atoms with Crippen molar-refractivity contribution >= 4 is 10.8 Å². The second kappa shape index (κ2) is 6.92. The molecule has 1 heterocycles. The van der Waals surface area contributed by atoms with E-state index < -0.39 is 30.7 Å². The molecule has 1 aliphatic rings. The van der Waals surface area contributed by atoms with Crippen LogP contribution in [-0.4, -0.2) is 57.7 Å². The number of aliphatic hydroxyl groups is 4. The lowest BCUT2D eigenvalue weighted by Gasteiger charge is -2.38. The first-order valence-electron chi connectivity index (χ1n) is 7.49. The van der Waals surface area contributed by atoms with Crippen molar-refractivity contribution in [1.29, 1.82) is 0 Å². The number of aliphatic hydroxyl groups excluding tert-OH is 4. The highest BCUT2D eigenvalue weighted by molar-refractivity contribution is 5.82. The van der Waals surface area contributed by atoms with E-state index in [1.807, 2.05) is 42.5 Å². The molecule has 2 aromatic rings. The van der Waals surface area contributed by atoms with Gasteiger partial charge in [0, 0.05) is 0 Å². The molecule has 5 atom stereocenters. The molecule has 0 bridgehead atoms. The zero-order valence-electron chi connectivity index (χ0n) is 12.4. The Morgan fingerprint density at radius 1 is 0.870 bits per heavy atom. The Morgan fingerprint density at radius 2 is 1.61 bits per heavy atom. The van der Waals surface area contributed by atoms with Gasteiger partial charge in [0.25, 0.3) is 0 Å². The number of hydrogen-bond donors (Lipinski definition) is 4. The van der Waals surface area contributed by atoms with Crippen molar-refractivity contribution < 1.29 is 29.9 Å². The summed E-state index contributed by atoms with van der Waals surface area (Å²) in [7, 11) is 0. The molecule has 2 aromatic carbocycles. The van der Waals surface area contributed by atoms with Gasteiger partial charge in [0.05, 0.1) is 13.2 Å². The minimum atomic E-state index is -1.54. The van der Waals surface area contributed by atoms with E-state index in [4.69, 9.17) is 9.47 Å². The topological polar surface area (TPSA) is 99.4 Å². The minimum Gasteiger partial charge on any atom is -0.387 e. The maximum Gasteiger partial charge on any atom is 0.184 e. The van der Waals surface area contributed by atoms with E-state index in [9.17, 15) is 20.4 Å². The van der Waals surface area contributed by atoms with E-state index in [0.29, 0.717) is 6.61 Å². The molecule has 6 nitrogen and oxygen atoms in total. The van der Waals surface area contributed by atoms with Crippen LogP contribution in [0.5, 0.6) is 0 Å². The van der Waals surface area contributed by atoms with Crippen LogP contribution in [0.25, 0.3) is 10.8 Å². The van der Waals surface area contributed by atoms with E-state index in [1.54, 1.807) is 0 Å². The predicted molar refractivity (Wildman–Crippen MR) is 82.5 cm³/mol. The average molecular weight is 320 g/mol. The third-order valence-corrected chi connectivity index (χ3v) is 4.05. The fourth-order valence-electron chi connectivity index (χ4n) is 2.69. The van der Waals surface area contributed by atoms with Crippen LogP contribution in [0.15, 0.2) is 42.5 Å². The molecule has 124 valence electrons. The van der Waals surface area contributed by atoms with Gasteiger partial charge >= 0.3 is 0 Å². The third-order valence-electron chi connectivity index (χ3n) is 4.05. The van der Waals surface area contributed by atoms with Gasteiger partial charge in [-0.25, -0.2) is 0 Å². The third kappa shape index (κ3) is 3.53. The van der Waals surface area contributed by atoms with Gasteiger partial charge in [-0.2, -0.15) is 0 Å². The summed E-state index contributed by atoms with van der Waals surface area (Å²) in [6, 6.07) is 14.0. The first kappa shape index (κ1) is 16.3. The monoisotopic (exact) mass is 320 g/mol. The van der Waals surface area contributed by atoms with Gasteiger partial charge in [-0.15, -0.1) is 0 Å². The lowest BCUT2D eigenvalue weighted by molar-refractivity contribution is -0.289. The minimum absolute atomic E-state index is 0.00513. The lowest BCUT2D eigenvalue weighted by atomic mass is 9.99.